The van der Waals surface area contributed by atoms with Gasteiger partial charge in [-0.2, -0.15) is 0 Å². The lowest BCUT2D eigenvalue weighted by Crippen LogP contribution is -2.12. The van der Waals surface area contributed by atoms with Gasteiger partial charge in [0.25, 0.3) is 0 Å². The molecule has 0 aliphatic heterocycles. The quantitative estimate of drug-likeness (QED) is 0.732. The third-order valence-electron chi connectivity index (χ3n) is 3.20. The monoisotopic (exact) mass is 266 g/mol. The summed E-state index contributed by atoms with van der Waals surface area (Å²) >= 11 is 0. The van der Waals surface area contributed by atoms with Crippen LogP contribution in [0.2, 0.25) is 0 Å². The number of hydrogen-bond acceptors (Lipinski definition) is 3. The summed E-state index contributed by atoms with van der Waals surface area (Å²) in [5.41, 5.74) is 0.765. The van der Waals surface area contributed by atoms with E-state index in [0.29, 0.717) is 17.9 Å². The van der Waals surface area contributed by atoms with Gasteiger partial charge in [0.05, 0.1) is 20.1 Å². The van der Waals surface area contributed by atoms with Gasteiger partial charge in [0.2, 0.25) is 0 Å². The average Bonchev–Trinajstić information content (AvgIpc) is 2.42. The van der Waals surface area contributed by atoms with E-state index < -0.39 is 11.9 Å². The largest absolute Gasteiger partial charge is 0.493 e. The molecule has 106 valence electrons. The van der Waals surface area contributed by atoms with E-state index >= 15 is 0 Å². The normalized spacial score (nSPS) is 11.9. The van der Waals surface area contributed by atoms with Crippen LogP contribution in [0.3, 0.4) is 0 Å². The van der Waals surface area contributed by atoms with Crippen LogP contribution in [0.5, 0.6) is 11.5 Å². The van der Waals surface area contributed by atoms with Crippen LogP contribution < -0.4 is 9.47 Å². The molecule has 1 unspecified atom stereocenters. The molecule has 1 atom stereocenters. The van der Waals surface area contributed by atoms with Crippen molar-refractivity contribution in [3.63, 3.8) is 0 Å². The van der Waals surface area contributed by atoms with Crippen LogP contribution >= 0.6 is 0 Å². The van der Waals surface area contributed by atoms with E-state index in [4.69, 9.17) is 9.47 Å². The Morgan fingerprint density at radius 3 is 2.42 bits per heavy atom. The molecule has 0 heterocycles. The molecule has 0 saturated heterocycles. The molecule has 0 fully saturated rings. The number of methoxy groups -OCH3 is 2. The third kappa shape index (κ3) is 4.16. The van der Waals surface area contributed by atoms with E-state index in [1.54, 1.807) is 32.4 Å². The average molecular weight is 266 g/mol. The molecule has 19 heavy (non-hydrogen) atoms. The Balaban J connectivity index is 2.92. The molecule has 0 radical (unpaired) electrons. The Kier molecular flexibility index (Phi) is 6.19. The number of carboxylic acids is 1. The summed E-state index contributed by atoms with van der Waals surface area (Å²) in [5, 5.41) is 9.34. The standard InChI is InChI=1S/C15H22O4/c1-4-5-6-7-12(15(16)17)11-8-9-13(18-2)14(10-11)19-3/h8-10,12H,4-7H2,1-3H3,(H,16,17). The molecule has 4 heteroatoms. The molecule has 0 bridgehead atoms. The van der Waals surface area contributed by atoms with E-state index in [0.717, 1.165) is 24.8 Å². The van der Waals surface area contributed by atoms with E-state index in [1.165, 1.54) is 0 Å². The van der Waals surface area contributed by atoms with Gasteiger partial charge < -0.3 is 14.6 Å². The lowest BCUT2D eigenvalue weighted by Gasteiger charge is -2.15. The molecular formula is C15H22O4. The predicted octanol–water partition coefficient (Wildman–Crippen LogP) is 3.45. The number of unbranched alkanes of at least 4 members (excludes halogenated alkanes) is 2. The highest BCUT2D eigenvalue weighted by molar-refractivity contribution is 5.76. The van der Waals surface area contributed by atoms with Crippen molar-refractivity contribution >= 4 is 5.97 Å². The molecule has 1 aromatic rings. The van der Waals surface area contributed by atoms with Crippen molar-refractivity contribution in [3.05, 3.63) is 23.8 Å². The van der Waals surface area contributed by atoms with Crippen molar-refractivity contribution in [1.82, 2.24) is 0 Å². The number of ether oxygens (including phenoxy) is 2. The van der Waals surface area contributed by atoms with Gasteiger partial charge >= 0.3 is 5.97 Å². The highest BCUT2D eigenvalue weighted by Gasteiger charge is 2.20. The van der Waals surface area contributed by atoms with Gasteiger partial charge in [-0.15, -0.1) is 0 Å². The highest BCUT2D eigenvalue weighted by atomic mass is 16.5. The topological polar surface area (TPSA) is 55.8 Å². The first-order valence-electron chi connectivity index (χ1n) is 6.58. The van der Waals surface area contributed by atoms with Crippen molar-refractivity contribution in [1.29, 1.82) is 0 Å². The molecule has 0 saturated carbocycles. The van der Waals surface area contributed by atoms with Gasteiger partial charge in [-0.05, 0) is 24.1 Å². The lowest BCUT2D eigenvalue weighted by molar-refractivity contribution is -0.139. The fraction of sp³-hybridized carbons (Fsp3) is 0.533. The number of carboxylic acid groups (broad SMARTS) is 1. The molecule has 0 aliphatic carbocycles. The molecule has 0 amide bonds. The summed E-state index contributed by atoms with van der Waals surface area (Å²) in [7, 11) is 3.11. The summed E-state index contributed by atoms with van der Waals surface area (Å²) in [6.45, 7) is 2.10. The molecule has 1 rings (SSSR count). The summed E-state index contributed by atoms with van der Waals surface area (Å²) < 4.78 is 10.4. The minimum atomic E-state index is -0.789. The summed E-state index contributed by atoms with van der Waals surface area (Å²) in [6, 6.07) is 5.31. The van der Waals surface area contributed by atoms with Crippen LogP contribution in [0.15, 0.2) is 18.2 Å². The smallest absolute Gasteiger partial charge is 0.310 e. The Hall–Kier alpha value is -1.71. The Morgan fingerprint density at radius 1 is 1.21 bits per heavy atom. The van der Waals surface area contributed by atoms with Crippen LogP contribution in [0.1, 0.15) is 44.1 Å². The molecule has 0 aliphatic rings. The second kappa shape index (κ2) is 7.67. The Morgan fingerprint density at radius 2 is 1.89 bits per heavy atom. The van der Waals surface area contributed by atoms with Crippen molar-refractivity contribution in [2.45, 2.75) is 38.5 Å². The van der Waals surface area contributed by atoms with E-state index in [9.17, 15) is 9.90 Å². The van der Waals surface area contributed by atoms with E-state index in [-0.39, 0.29) is 0 Å². The van der Waals surface area contributed by atoms with E-state index in [1.807, 2.05) is 0 Å². The van der Waals surface area contributed by atoms with Gasteiger partial charge in [-0.3, -0.25) is 4.79 Å². The van der Waals surface area contributed by atoms with Crippen molar-refractivity contribution in [2.75, 3.05) is 14.2 Å². The Labute approximate surface area is 114 Å². The van der Waals surface area contributed by atoms with Crippen LogP contribution in [0.4, 0.5) is 0 Å². The maximum absolute atomic E-state index is 11.4. The van der Waals surface area contributed by atoms with Crippen LogP contribution in [0, 0.1) is 0 Å². The first kappa shape index (κ1) is 15.3. The first-order chi connectivity index (χ1) is 9.13. The highest BCUT2D eigenvalue weighted by Crippen LogP contribution is 2.32. The number of rotatable bonds is 8. The lowest BCUT2D eigenvalue weighted by atomic mass is 9.93. The summed E-state index contributed by atoms with van der Waals surface area (Å²) in [6.07, 6.45) is 3.70. The van der Waals surface area contributed by atoms with Crippen LogP contribution in [-0.4, -0.2) is 25.3 Å². The molecule has 1 aromatic carbocycles. The fourth-order valence-electron chi connectivity index (χ4n) is 2.10. The molecule has 0 aromatic heterocycles. The summed E-state index contributed by atoms with van der Waals surface area (Å²) in [5.74, 6) is -0.0830. The molecule has 1 N–H and O–H groups in total. The number of hydrogen-bond donors (Lipinski definition) is 1. The number of benzene rings is 1. The third-order valence-corrected chi connectivity index (χ3v) is 3.20. The van der Waals surface area contributed by atoms with Gasteiger partial charge in [-0.1, -0.05) is 32.3 Å². The summed E-state index contributed by atoms with van der Waals surface area (Å²) in [4.78, 5) is 11.4. The molecule has 4 nitrogen and oxygen atoms in total. The predicted molar refractivity (Wildman–Crippen MR) is 74.1 cm³/mol. The second-order valence-electron chi connectivity index (χ2n) is 4.50. The number of carbonyl (C=O) groups is 1. The fourth-order valence-corrected chi connectivity index (χ4v) is 2.10. The zero-order valence-electron chi connectivity index (χ0n) is 11.8. The van der Waals surface area contributed by atoms with Crippen molar-refractivity contribution < 1.29 is 19.4 Å². The van der Waals surface area contributed by atoms with E-state index in [2.05, 4.69) is 6.92 Å². The minimum Gasteiger partial charge on any atom is -0.493 e. The maximum atomic E-state index is 11.4. The SMILES string of the molecule is CCCCCC(C(=O)O)c1ccc(OC)c(OC)c1. The van der Waals surface area contributed by atoms with Crippen LogP contribution in [-0.2, 0) is 4.79 Å². The molecule has 0 spiro atoms. The van der Waals surface area contributed by atoms with Crippen molar-refractivity contribution in [2.24, 2.45) is 0 Å². The Bertz CT molecular complexity index is 415. The van der Waals surface area contributed by atoms with Gasteiger partial charge in [0.1, 0.15) is 0 Å². The van der Waals surface area contributed by atoms with Gasteiger partial charge in [-0.25, -0.2) is 0 Å². The van der Waals surface area contributed by atoms with Crippen LogP contribution in [0.25, 0.3) is 0 Å². The van der Waals surface area contributed by atoms with Gasteiger partial charge in [0, 0.05) is 0 Å². The first-order valence-corrected chi connectivity index (χ1v) is 6.58. The van der Waals surface area contributed by atoms with Crippen molar-refractivity contribution in [3.8, 4) is 11.5 Å². The maximum Gasteiger partial charge on any atom is 0.310 e. The van der Waals surface area contributed by atoms with Gasteiger partial charge in [0.15, 0.2) is 11.5 Å². The zero-order valence-corrected chi connectivity index (χ0v) is 11.8. The molecular weight excluding hydrogens is 244 g/mol. The zero-order chi connectivity index (χ0) is 14.3. The number of aliphatic carboxylic acids is 1. The second-order valence-corrected chi connectivity index (χ2v) is 4.50. The minimum absolute atomic E-state index is 0.480.